The van der Waals surface area contributed by atoms with Crippen LogP contribution in [0.25, 0.3) is 10.9 Å². The topological polar surface area (TPSA) is 15.8 Å². The van der Waals surface area contributed by atoms with Crippen LogP contribution in [-0.2, 0) is 0 Å². The number of benzene rings is 1. The van der Waals surface area contributed by atoms with Gasteiger partial charge in [-0.2, -0.15) is 0 Å². The number of fused-ring (bicyclic) bond motifs is 1. The molecule has 2 aromatic rings. The molecule has 0 radical (unpaired) electrons. The van der Waals surface area contributed by atoms with Crippen LogP contribution in [0, 0.1) is 0 Å². The molecule has 0 aliphatic rings. The Bertz CT molecular complexity index is 394. The Morgan fingerprint density at radius 1 is 1.27 bits per heavy atom. The highest BCUT2D eigenvalue weighted by Gasteiger charge is 2.02. The maximum atomic E-state index is 5.88. The molecule has 56 valence electrons. The summed E-state index contributed by atoms with van der Waals surface area (Å²) in [6, 6.07) is 5.87. The first-order chi connectivity index (χ1) is 5.29. The van der Waals surface area contributed by atoms with Crippen molar-refractivity contribution in [1.29, 1.82) is 0 Å². The van der Waals surface area contributed by atoms with E-state index in [-0.39, 0.29) is 0 Å². The highest BCUT2D eigenvalue weighted by Crippen LogP contribution is 2.29. The van der Waals surface area contributed by atoms with E-state index in [1.807, 2.05) is 24.4 Å². The van der Waals surface area contributed by atoms with Crippen LogP contribution in [0.2, 0.25) is 5.02 Å². The van der Waals surface area contributed by atoms with Gasteiger partial charge in [-0.15, -0.1) is 0 Å². The Morgan fingerprint density at radius 2 is 2.09 bits per heavy atom. The maximum Gasteiger partial charge on any atom is 0.0613 e. The van der Waals surface area contributed by atoms with Gasteiger partial charge < -0.3 is 4.98 Å². The normalized spacial score (nSPS) is 10.7. The van der Waals surface area contributed by atoms with Gasteiger partial charge in [-0.1, -0.05) is 17.7 Å². The Kier molecular flexibility index (Phi) is 1.66. The van der Waals surface area contributed by atoms with E-state index in [1.165, 1.54) is 5.39 Å². The van der Waals surface area contributed by atoms with Gasteiger partial charge in [0, 0.05) is 11.6 Å². The zero-order valence-corrected chi connectivity index (χ0v) is 7.91. The summed E-state index contributed by atoms with van der Waals surface area (Å²) >= 11 is 9.27. The monoisotopic (exact) mass is 229 g/mol. The second-order valence-electron chi connectivity index (χ2n) is 2.30. The molecular weight excluding hydrogens is 225 g/mol. The summed E-state index contributed by atoms with van der Waals surface area (Å²) in [6.45, 7) is 0. The molecule has 0 bridgehead atoms. The van der Waals surface area contributed by atoms with Crippen LogP contribution in [-0.4, -0.2) is 4.98 Å². The zero-order valence-electron chi connectivity index (χ0n) is 5.57. The molecule has 0 aliphatic carbocycles. The van der Waals surface area contributed by atoms with Crippen molar-refractivity contribution in [2.24, 2.45) is 0 Å². The van der Waals surface area contributed by atoms with Crippen LogP contribution in [0.3, 0.4) is 0 Å². The molecule has 0 spiro atoms. The van der Waals surface area contributed by atoms with Gasteiger partial charge in [-0.25, -0.2) is 0 Å². The van der Waals surface area contributed by atoms with E-state index in [2.05, 4.69) is 20.9 Å². The molecule has 1 nitrogen and oxygen atoms in total. The van der Waals surface area contributed by atoms with Crippen molar-refractivity contribution < 1.29 is 0 Å². The molecule has 2 rings (SSSR count). The molecule has 0 atom stereocenters. The fraction of sp³-hybridized carbons (Fsp3) is 0. The quantitative estimate of drug-likeness (QED) is 0.712. The summed E-state index contributed by atoms with van der Waals surface area (Å²) in [5.74, 6) is 0. The minimum atomic E-state index is 0.736. The maximum absolute atomic E-state index is 5.88. The Morgan fingerprint density at radius 3 is 2.91 bits per heavy atom. The summed E-state index contributed by atoms with van der Waals surface area (Å²) < 4.78 is 0.932. The molecule has 0 saturated heterocycles. The summed E-state index contributed by atoms with van der Waals surface area (Å²) in [5, 5.41) is 1.90. The third kappa shape index (κ3) is 1.06. The molecule has 0 unspecified atom stereocenters. The molecule has 0 aliphatic heterocycles. The standard InChI is InChI=1S/C8H5BrClN/c9-7-6(10)2-1-5-3-4-11-8(5)7/h1-4,11H. The lowest BCUT2D eigenvalue weighted by atomic mass is 10.2. The third-order valence-corrected chi connectivity index (χ3v) is 2.98. The predicted molar refractivity (Wildman–Crippen MR) is 51.0 cm³/mol. The van der Waals surface area contributed by atoms with Crippen molar-refractivity contribution >= 4 is 38.4 Å². The average molecular weight is 230 g/mol. The highest BCUT2D eigenvalue weighted by molar-refractivity contribution is 9.10. The number of nitrogens with one attached hydrogen (secondary N) is 1. The van der Waals surface area contributed by atoms with Gasteiger partial charge in [-0.05, 0) is 28.1 Å². The summed E-state index contributed by atoms with van der Waals surface area (Å²) in [6.07, 6.45) is 1.89. The smallest absolute Gasteiger partial charge is 0.0613 e. The summed E-state index contributed by atoms with van der Waals surface area (Å²) in [4.78, 5) is 3.10. The fourth-order valence-corrected chi connectivity index (χ4v) is 1.70. The average Bonchev–Trinajstić information content (AvgIpc) is 2.45. The number of rotatable bonds is 0. The van der Waals surface area contributed by atoms with Gasteiger partial charge in [0.2, 0.25) is 0 Å². The second kappa shape index (κ2) is 2.54. The van der Waals surface area contributed by atoms with Crippen LogP contribution in [0.1, 0.15) is 0 Å². The van der Waals surface area contributed by atoms with Gasteiger partial charge in [-0.3, -0.25) is 0 Å². The number of hydrogen-bond acceptors (Lipinski definition) is 0. The lowest BCUT2D eigenvalue weighted by molar-refractivity contribution is 1.47. The largest absolute Gasteiger partial charge is 0.360 e. The molecule has 1 aromatic carbocycles. The Balaban J connectivity index is 2.93. The van der Waals surface area contributed by atoms with Crippen LogP contribution in [0.5, 0.6) is 0 Å². The molecule has 11 heavy (non-hydrogen) atoms. The van der Waals surface area contributed by atoms with E-state index in [4.69, 9.17) is 11.6 Å². The van der Waals surface area contributed by atoms with Crippen molar-refractivity contribution in [3.8, 4) is 0 Å². The van der Waals surface area contributed by atoms with Crippen molar-refractivity contribution in [2.45, 2.75) is 0 Å². The molecular formula is C8H5BrClN. The van der Waals surface area contributed by atoms with Crippen molar-refractivity contribution in [3.05, 3.63) is 33.9 Å². The number of aromatic nitrogens is 1. The highest BCUT2D eigenvalue weighted by atomic mass is 79.9. The van der Waals surface area contributed by atoms with Crippen molar-refractivity contribution in [2.75, 3.05) is 0 Å². The number of hydrogen-bond donors (Lipinski definition) is 1. The first-order valence-electron chi connectivity index (χ1n) is 3.20. The molecule has 1 N–H and O–H groups in total. The van der Waals surface area contributed by atoms with Crippen molar-refractivity contribution in [1.82, 2.24) is 4.98 Å². The van der Waals surface area contributed by atoms with Crippen LogP contribution in [0.4, 0.5) is 0 Å². The minimum Gasteiger partial charge on any atom is -0.360 e. The van der Waals surface area contributed by atoms with E-state index in [9.17, 15) is 0 Å². The van der Waals surface area contributed by atoms with E-state index in [0.717, 1.165) is 15.0 Å². The number of aromatic amines is 1. The van der Waals surface area contributed by atoms with Crippen LogP contribution < -0.4 is 0 Å². The molecule has 0 fully saturated rings. The van der Waals surface area contributed by atoms with Gasteiger partial charge in [0.05, 0.1) is 15.0 Å². The van der Waals surface area contributed by atoms with E-state index < -0.39 is 0 Å². The van der Waals surface area contributed by atoms with E-state index in [1.54, 1.807) is 0 Å². The fourth-order valence-electron chi connectivity index (χ4n) is 1.07. The van der Waals surface area contributed by atoms with Gasteiger partial charge in [0.1, 0.15) is 0 Å². The van der Waals surface area contributed by atoms with Crippen LogP contribution >= 0.6 is 27.5 Å². The van der Waals surface area contributed by atoms with Crippen molar-refractivity contribution in [3.63, 3.8) is 0 Å². The lowest BCUT2D eigenvalue weighted by Crippen LogP contribution is -1.71. The molecule has 0 amide bonds. The third-order valence-electron chi connectivity index (χ3n) is 1.62. The summed E-state index contributed by atoms with van der Waals surface area (Å²) in [7, 11) is 0. The van der Waals surface area contributed by atoms with Gasteiger partial charge >= 0.3 is 0 Å². The van der Waals surface area contributed by atoms with Crippen LogP contribution in [0.15, 0.2) is 28.9 Å². The number of halogens is 2. The minimum absolute atomic E-state index is 0.736. The first-order valence-corrected chi connectivity index (χ1v) is 4.37. The lowest BCUT2D eigenvalue weighted by Gasteiger charge is -1.95. The zero-order chi connectivity index (χ0) is 7.84. The molecule has 1 heterocycles. The SMILES string of the molecule is Clc1ccc2cc[nH]c2c1Br. The summed E-state index contributed by atoms with van der Waals surface area (Å²) in [5.41, 5.74) is 1.05. The Hall–Kier alpha value is -0.470. The van der Waals surface area contributed by atoms with Gasteiger partial charge in [0.25, 0.3) is 0 Å². The molecule has 0 saturated carbocycles. The number of H-pyrrole nitrogens is 1. The predicted octanol–water partition coefficient (Wildman–Crippen LogP) is 3.58. The van der Waals surface area contributed by atoms with E-state index >= 15 is 0 Å². The first kappa shape index (κ1) is 7.19. The van der Waals surface area contributed by atoms with Gasteiger partial charge in [0.15, 0.2) is 0 Å². The second-order valence-corrected chi connectivity index (χ2v) is 3.50. The molecule has 3 heteroatoms. The Labute approximate surface area is 77.5 Å². The van der Waals surface area contributed by atoms with E-state index in [0.29, 0.717) is 0 Å². The molecule has 1 aromatic heterocycles.